The van der Waals surface area contributed by atoms with Gasteiger partial charge in [0.25, 0.3) is 0 Å². The Morgan fingerprint density at radius 1 is 1.88 bits per heavy atom. The number of hydrogen-bond donors (Lipinski definition) is 1. The molecule has 0 saturated heterocycles. The molecule has 0 spiro atoms. The molecule has 0 aliphatic carbocycles. The van der Waals surface area contributed by atoms with E-state index in [0.29, 0.717) is 0 Å². The van der Waals surface area contributed by atoms with E-state index in [2.05, 4.69) is 5.73 Å². The normalized spacial score (nSPS) is 10.5. The van der Waals surface area contributed by atoms with Crippen LogP contribution in [0.2, 0.25) is 0 Å². The number of amides is 1. The minimum absolute atomic E-state index is 0. The van der Waals surface area contributed by atoms with E-state index in [1.54, 1.807) is 6.07 Å². The number of nitrogens with zero attached hydrogens (tertiary/aromatic N) is 1. The number of halogens is 1. The van der Waals surface area contributed by atoms with Crippen LogP contribution in [0.25, 0.3) is 0 Å². The molecule has 0 heterocycles. The summed E-state index contributed by atoms with van der Waals surface area (Å²) in [5, 5.41) is 7.95. The Balaban J connectivity index is 0. The molecule has 0 aliphatic rings. The summed E-state index contributed by atoms with van der Waals surface area (Å²) in [7, 11) is 0. The second-order valence-electron chi connectivity index (χ2n) is 1.25. The molecule has 1 unspecified atom stereocenters. The summed E-state index contributed by atoms with van der Waals surface area (Å²) in [6.45, 7) is 1.46. The van der Waals surface area contributed by atoms with Gasteiger partial charge in [0.1, 0.15) is 5.92 Å². The lowest BCUT2D eigenvalue weighted by atomic mass is 10.2. The third kappa shape index (κ3) is 3.44. The first kappa shape index (κ1) is 10.3. The molecular weight excluding hydrogens is 128 g/mol. The first-order valence-electron chi connectivity index (χ1n) is 1.87. The van der Waals surface area contributed by atoms with E-state index >= 15 is 0 Å². The van der Waals surface area contributed by atoms with Crippen LogP contribution in [0.15, 0.2) is 0 Å². The van der Waals surface area contributed by atoms with Gasteiger partial charge in [-0.3, -0.25) is 4.79 Å². The van der Waals surface area contributed by atoms with Gasteiger partial charge in [-0.2, -0.15) is 5.26 Å². The molecule has 1 atom stereocenters. The van der Waals surface area contributed by atoms with Gasteiger partial charge < -0.3 is 5.73 Å². The van der Waals surface area contributed by atoms with Gasteiger partial charge in [-0.05, 0) is 6.92 Å². The summed E-state index contributed by atoms with van der Waals surface area (Å²) >= 11 is 0. The molecule has 0 bridgehead atoms. The van der Waals surface area contributed by atoms with Crippen molar-refractivity contribution in [2.75, 3.05) is 0 Å². The topological polar surface area (TPSA) is 66.9 Å². The lowest BCUT2D eigenvalue weighted by molar-refractivity contribution is -0.119. The van der Waals surface area contributed by atoms with Gasteiger partial charge >= 0.3 is 0 Å². The zero-order valence-corrected chi connectivity index (χ0v) is 5.23. The quantitative estimate of drug-likeness (QED) is 0.551. The Bertz CT molecular complexity index is 118. The van der Waals surface area contributed by atoms with Crippen LogP contribution in [0, 0.1) is 17.2 Å². The van der Waals surface area contributed by atoms with Crippen LogP contribution in [0.5, 0.6) is 0 Å². The summed E-state index contributed by atoms with van der Waals surface area (Å²) in [6, 6.07) is 1.69. The van der Waals surface area contributed by atoms with Crippen molar-refractivity contribution in [2.45, 2.75) is 6.92 Å². The molecular formula is C4H7ClN2O. The highest BCUT2D eigenvalue weighted by Crippen LogP contribution is 1.85. The molecule has 0 aliphatic heterocycles. The number of nitriles is 1. The SMILES string of the molecule is CC(C#N)C(N)=O.Cl. The third-order valence-corrected chi connectivity index (χ3v) is 0.620. The highest BCUT2D eigenvalue weighted by atomic mass is 35.5. The summed E-state index contributed by atoms with van der Waals surface area (Å²) in [6.07, 6.45) is 0. The van der Waals surface area contributed by atoms with Crippen LogP contribution >= 0.6 is 12.4 Å². The number of carbonyl (C=O) groups excluding carboxylic acids is 1. The van der Waals surface area contributed by atoms with Crippen molar-refractivity contribution >= 4 is 18.3 Å². The molecule has 0 saturated carbocycles. The van der Waals surface area contributed by atoms with Crippen molar-refractivity contribution in [3.05, 3.63) is 0 Å². The standard InChI is InChI=1S/C4H6N2O.ClH/c1-3(2-5)4(6)7;/h3H,1H3,(H2,6,7);1H. The van der Waals surface area contributed by atoms with Crippen LogP contribution in [0.3, 0.4) is 0 Å². The molecule has 2 N–H and O–H groups in total. The summed E-state index contributed by atoms with van der Waals surface area (Å²) in [5.41, 5.74) is 4.69. The lowest BCUT2D eigenvalue weighted by Crippen LogP contribution is -2.18. The number of carbonyl (C=O) groups is 1. The van der Waals surface area contributed by atoms with Crippen molar-refractivity contribution in [3.8, 4) is 6.07 Å². The fourth-order valence-corrected chi connectivity index (χ4v) is 0.0636. The van der Waals surface area contributed by atoms with Crippen LogP contribution in [0.4, 0.5) is 0 Å². The number of primary amides is 1. The van der Waals surface area contributed by atoms with E-state index in [-0.39, 0.29) is 12.4 Å². The van der Waals surface area contributed by atoms with Crippen molar-refractivity contribution in [3.63, 3.8) is 0 Å². The van der Waals surface area contributed by atoms with Crippen LogP contribution < -0.4 is 5.73 Å². The predicted molar refractivity (Wildman–Crippen MR) is 31.2 cm³/mol. The van der Waals surface area contributed by atoms with Gasteiger partial charge in [0.05, 0.1) is 6.07 Å². The average Bonchev–Trinajstić information content (AvgIpc) is 1.65. The highest BCUT2D eigenvalue weighted by Gasteiger charge is 2.03. The number of rotatable bonds is 1. The van der Waals surface area contributed by atoms with E-state index < -0.39 is 11.8 Å². The molecule has 0 radical (unpaired) electrons. The Morgan fingerprint density at radius 2 is 2.25 bits per heavy atom. The Kier molecular flexibility index (Phi) is 5.66. The average molecular weight is 135 g/mol. The molecule has 8 heavy (non-hydrogen) atoms. The smallest absolute Gasteiger partial charge is 0.234 e. The number of hydrogen-bond acceptors (Lipinski definition) is 2. The van der Waals surface area contributed by atoms with E-state index in [1.807, 2.05) is 0 Å². The fourth-order valence-electron chi connectivity index (χ4n) is 0.0636. The second-order valence-corrected chi connectivity index (χ2v) is 1.25. The largest absolute Gasteiger partial charge is 0.369 e. The van der Waals surface area contributed by atoms with Crippen molar-refractivity contribution in [2.24, 2.45) is 11.7 Å². The Hall–Kier alpha value is -0.750. The van der Waals surface area contributed by atoms with Crippen molar-refractivity contribution in [1.29, 1.82) is 5.26 Å². The maximum atomic E-state index is 9.93. The van der Waals surface area contributed by atoms with Gasteiger partial charge in [-0.25, -0.2) is 0 Å². The third-order valence-electron chi connectivity index (χ3n) is 0.620. The lowest BCUT2D eigenvalue weighted by Gasteiger charge is -1.87. The van der Waals surface area contributed by atoms with Crippen LogP contribution in [0.1, 0.15) is 6.92 Å². The van der Waals surface area contributed by atoms with E-state index in [4.69, 9.17) is 5.26 Å². The minimum Gasteiger partial charge on any atom is -0.369 e. The summed E-state index contributed by atoms with van der Waals surface area (Å²) < 4.78 is 0. The van der Waals surface area contributed by atoms with Gasteiger partial charge in [-0.15, -0.1) is 12.4 Å². The van der Waals surface area contributed by atoms with E-state index in [0.717, 1.165) is 0 Å². The molecule has 0 aromatic rings. The van der Waals surface area contributed by atoms with E-state index in [1.165, 1.54) is 6.92 Å². The van der Waals surface area contributed by atoms with Gasteiger partial charge in [-0.1, -0.05) is 0 Å². The van der Waals surface area contributed by atoms with Gasteiger partial charge in [0, 0.05) is 0 Å². The van der Waals surface area contributed by atoms with Gasteiger partial charge in [0.15, 0.2) is 0 Å². The minimum atomic E-state index is -0.653. The molecule has 0 rings (SSSR count). The molecule has 0 aromatic carbocycles. The maximum Gasteiger partial charge on any atom is 0.234 e. The first-order valence-corrected chi connectivity index (χ1v) is 1.87. The molecule has 0 fully saturated rings. The highest BCUT2D eigenvalue weighted by molar-refractivity contribution is 5.85. The summed E-state index contributed by atoms with van der Waals surface area (Å²) in [5.74, 6) is -1.22. The molecule has 3 nitrogen and oxygen atoms in total. The predicted octanol–water partition coefficient (Wildman–Crippen LogP) is 0.0532. The molecule has 46 valence electrons. The second kappa shape index (κ2) is 4.41. The van der Waals surface area contributed by atoms with Crippen molar-refractivity contribution < 1.29 is 4.79 Å². The summed E-state index contributed by atoms with van der Waals surface area (Å²) in [4.78, 5) is 9.93. The molecule has 4 heteroatoms. The zero-order chi connectivity index (χ0) is 5.86. The van der Waals surface area contributed by atoms with Gasteiger partial charge in [0.2, 0.25) is 5.91 Å². The fraction of sp³-hybridized carbons (Fsp3) is 0.500. The molecule has 0 aromatic heterocycles. The Labute approximate surface area is 53.9 Å². The first-order chi connectivity index (χ1) is 3.18. The van der Waals surface area contributed by atoms with Crippen LogP contribution in [-0.4, -0.2) is 5.91 Å². The Morgan fingerprint density at radius 3 is 2.25 bits per heavy atom. The van der Waals surface area contributed by atoms with E-state index in [9.17, 15) is 4.79 Å². The zero-order valence-electron chi connectivity index (χ0n) is 4.42. The molecule has 1 amide bonds. The van der Waals surface area contributed by atoms with Crippen LogP contribution in [-0.2, 0) is 4.79 Å². The monoisotopic (exact) mass is 134 g/mol. The maximum absolute atomic E-state index is 9.93. The van der Waals surface area contributed by atoms with Crippen molar-refractivity contribution in [1.82, 2.24) is 0 Å². The number of nitrogens with two attached hydrogens (primary N) is 1.